The van der Waals surface area contributed by atoms with E-state index in [1.54, 1.807) is 0 Å². The third-order valence-electron chi connectivity index (χ3n) is 3.40. The first kappa shape index (κ1) is 13.7. The molecule has 16 heavy (non-hydrogen) atoms. The summed E-state index contributed by atoms with van der Waals surface area (Å²) in [5.74, 6) is 0.852. The van der Waals surface area contributed by atoms with Gasteiger partial charge < -0.3 is 5.32 Å². The van der Waals surface area contributed by atoms with E-state index < -0.39 is 0 Å². The topological polar surface area (TPSA) is 15.3 Å². The van der Waals surface area contributed by atoms with Crippen molar-refractivity contribution in [1.29, 1.82) is 0 Å². The number of piperidine rings is 1. The highest BCUT2D eigenvalue weighted by Gasteiger charge is 2.16. The lowest BCUT2D eigenvalue weighted by Crippen LogP contribution is -2.39. The van der Waals surface area contributed by atoms with Crippen LogP contribution in [0.2, 0.25) is 0 Å². The van der Waals surface area contributed by atoms with Crippen LogP contribution < -0.4 is 5.32 Å². The smallest absolute Gasteiger partial charge is 0.0190 e. The highest BCUT2D eigenvalue weighted by atomic mass is 15.1. The van der Waals surface area contributed by atoms with E-state index in [2.05, 4.69) is 30.6 Å². The van der Waals surface area contributed by atoms with Crippen molar-refractivity contribution in [3.05, 3.63) is 12.2 Å². The van der Waals surface area contributed by atoms with E-state index in [0.717, 1.165) is 18.9 Å². The van der Waals surface area contributed by atoms with Crippen LogP contribution in [0.15, 0.2) is 12.2 Å². The Morgan fingerprint density at radius 1 is 1.44 bits per heavy atom. The van der Waals surface area contributed by atoms with Gasteiger partial charge in [-0.05, 0) is 51.2 Å². The van der Waals surface area contributed by atoms with Gasteiger partial charge in [-0.2, -0.15) is 0 Å². The van der Waals surface area contributed by atoms with Crippen molar-refractivity contribution in [2.45, 2.75) is 39.5 Å². The number of nitrogens with one attached hydrogen (secondary N) is 1. The predicted octanol–water partition coefficient (Wildman–Crippen LogP) is 2.66. The average molecular weight is 224 g/mol. The molecule has 0 bridgehead atoms. The number of rotatable bonds is 7. The van der Waals surface area contributed by atoms with Crippen LogP contribution in [-0.4, -0.2) is 37.6 Å². The summed E-state index contributed by atoms with van der Waals surface area (Å²) in [6, 6.07) is 0. The minimum atomic E-state index is 0.852. The van der Waals surface area contributed by atoms with Crippen LogP contribution in [0.3, 0.4) is 0 Å². The molecule has 1 aliphatic heterocycles. The molecule has 0 saturated carbocycles. The van der Waals surface area contributed by atoms with Crippen molar-refractivity contribution >= 4 is 0 Å². The molecule has 1 aliphatic rings. The second-order valence-corrected chi connectivity index (χ2v) is 5.05. The third-order valence-corrected chi connectivity index (χ3v) is 3.40. The first-order valence-electron chi connectivity index (χ1n) is 6.86. The predicted molar refractivity (Wildman–Crippen MR) is 71.8 cm³/mol. The third kappa shape index (κ3) is 5.13. The van der Waals surface area contributed by atoms with E-state index in [0.29, 0.717) is 0 Å². The molecule has 1 rings (SSSR count). The quantitative estimate of drug-likeness (QED) is 0.669. The van der Waals surface area contributed by atoms with Crippen LogP contribution in [0.5, 0.6) is 0 Å². The second kappa shape index (κ2) is 7.86. The zero-order valence-electron chi connectivity index (χ0n) is 11.1. The molecule has 2 nitrogen and oxygen atoms in total. The van der Waals surface area contributed by atoms with E-state index >= 15 is 0 Å². The second-order valence-electron chi connectivity index (χ2n) is 5.05. The summed E-state index contributed by atoms with van der Waals surface area (Å²) >= 11 is 0. The standard InChI is InChI=1S/C14H28N2/c1-4-9-16(11-13(3)5-2)12-14-7-6-8-15-10-14/h14-15H,3-12H2,1-2H3. The molecular weight excluding hydrogens is 196 g/mol. The van der Waals surface area contributed by atoms with Gasteiger partial charge in [-0.25, -0.2) is 0 Å². The van der Waals surface area contributed by atoms with E-state index in [4.69, 9.17) is 0 Å². The molecule has 0 spiro atoms. The van der Waals surface area contributed by atoms with Gasteiger partial charge in [0.25, 0.3) is 0 Å². The lowest BCUT2D eigenvalue weighted by atomic mass is 9.98. The first-order valence-corrected chi connectivity index (χ1v) is 6.86. The molecule has 1 fully saturated rings. The Labute approximate surface area is 101 Å². The molecule has 1 N–H and O–H groups in total. The van der Waals surface area contributed by atoms with Gasteiger partial charge >= 0.3 is 0 Å². The first-order chi connectivity index (χ1) is 7.76. The van der Waals surface area contributed by atoms with Crippen LogP contribution in [0.1, 0.15) is 39.5 Å². The Hall–Kier alpha value is -0.340. The Kier molecular flexibility index (Phi) is 6.74. The average Bonchev–Trinajstić information content (AvgIpc) is 2.30. The van der Waals surface area contributed by atoms with Gasteiger partial charge in [-0.15, -0.1) is 0 Å². The minimum Gasteiger partial charge on any atom is -0.316 e. The lowest BCUT2D eigenvalue weighted by molar-refractivity contribution is 0.220. The summed E-state index contributed by atoms with van der Waals surface area (Å²) in [5.41, 5.74) is 1.37. The van der Waals surface area contributed by atoms with Gasteiger partial charge in [-0.3, -0.25) is 4.90 Å². The van der Waals surface area contributed by atoms with E-state index in [-0.39, 0.29) is 0 Å². The Balaban J connectivity index is 2.33. The molecule has 0 aromatic heterocycles. The molecule has 1 unspecified atom stereocenters. The summed E-state index contributed by atoms with van der Waals surface area (Å²) in [4.78, 5) is 2.59. The highest BCUT2D eigenvalue weighted by molar-refractivity contribution is 4.96. The number of nitrogens with zero attached hydrogens (tertiary/aromatic N) is 1. The van der Waals surface area contributed by atoms with Gasteiger partial charge in [-0.1, -0.05) is 26.0 Å². The fourth-order valence-electron chi connectivity index (χ4n) is 2.42. The highest BCUT2D eigenvalue weighted by Crippen LogP contribution is 2.13. The molecule has 1 atom stereocenters. The Morgan fingerprint density at radius 2 is 2.25 bits per heavy atom. The van der Waals surface area contributed by atoms with Crippen LogP contribution in [0, 0.1) is 5.92 Å². The zero-order chi connectivity index (χ0) is 11.8. The molecule has 94 valence electrons. The van der Waals surface area contributed by atoms with Crippen LogP contribution >= 0.6 is 0 Å². The fourth-order valence-corrected chi connectivity index (χ4v) is 2.42. The monoisotopic (exact) mass is 224 g/mol. The lowest BCUT2D eigenvalue weighted by Gasteiger charge is -2.30. The molecule has 1 saturated heterocycles. The molecule has 0 amide bonds. The zero-order valence-corrected chi connectivity index (χ0v) is 11.1. The maximum Gasteiger partial charge on any atom is 0.0190 e. The van der Waals surface area contributed by atoms with E-state index in [1.807, 2.05) is 0 Å². The molecular formula is C14H28N2. The molecule has 0 aromatic carbocycles. The van der Waals surface area contributed by atoms with Gasteiger partial charge in [0.15, 0.2) is 0 Å². The minimum absolute atomic E-state index is 0.852. The van der Waals surface area contributed by atoms with Crippen LogP contribution in [0.25, 0.3) is 0 Å². The Morgan fingerprint density at radius 3 is 2.81 bits per heavy atom. The van der Waals surface area contributed by atoms with Crippen molar-refractivity contribution in [2.75, 3.05) is 32.7 Å². The van der Waals surface area contributed by atoms with Gasteiger partial charge in [0.1, 0.15) is 0 Å². The van der Waals surface area contributed by atoms with Gasteiger partial charge in [0, 0.05) is 13.1 Å². The van der Waals surface area contributed by atoms with E-state index in [1.165, 1.54) is 51.0 Å². The fraction of sp³-hybridized carbons (Fsp3) is 0.857. The summed E-state index contributed by atoms with van der Waals surface area (Å²) < 4.78 is 0. The van der Waals surface area contributed by atoms with Gasteiger partial charge in [0.05, 0.1) is 0 Å². The van der Waals surface area contributed by atoms with Crippen LogP contribution in [0.4, 0.5) is 0 Å². The van der Waals surface area contributed by atoms with Crippen LogP contribution in [-0.2, 0) is 0 Å². The van der Waals surface area contributed by atoms with Crippen molar-refractivity contribution < 1.29 is 0 Å². The Bertz CT molecular complexity index is 195. The van der Waals surface area contributed by atoms with Crippen molar-refractivity contribution in [2.24, 2.45) is 5.92 Å². The van der Waals surface area contributed by atoms with Gasteiger partial charge in [0.2, 0.25) is 0 Å². The van der Waals surface area contributed by atoms with E-state index in [9.17, 15) is 0 Å². The summed E-state index contributed by atoms with van der Waals surface area (Å²) in [7, 11) is 0. The largest absolute Gasteiger partial charge is 0.316 e. The maximum atomic E-state index is 4.13. The SMILES string of the molecule is C=C(CC)CN(CCC)CC1CCCNC1. The van der Waals surface area contributed by atoms with Crippen molar-refractivity contribution in [1.82, 2.24) is 10.2 Å². The summed E-state index contributed by atoms with van der Waals surface area (Å²) in [6.45, 7) is 14.6. The normalized spacial score (nSPS) is 21.3. The summed E-state index contributed by atoms with van der Waals surface area (Å²) in [6.07, 6.45) is 5.10. The summed E-state index contributed by atoms with van der Waals surface area (Å²) in [5, 5.41) is 3.50. The maximum absolute atomic E-state index is 4.13. The molecule has 0 aromatic rings. The molecule has 2 heteroatoms. The number of hydrogen-bond acceptors (Lipinski definition) is 2. The van der Waals surface area contributed by atoms with Crippen molar-refractivity contribution in [3.63, 3.8) is 0 Å². The molecule has 1 heterocycles. The molecule has 0 radical (unpaired) electrons. The molecule has 0 aliphatic carbocycles. The van der Waals surface area contributed by atoms with Crippen molar-refractivity contribution in [3.8, 4) is 0 Å². The number of hydrogen-bond donors (Lipinski definition) is 1.